The van der Waals surface area contributed by atoms with Crippen molar-refractivity contribution in [2.45, 2.75) is 42.6 Å². The molecule has 4 atom stereocenters. The first-order valence-electron chi connectivity index (χ1n) is 6.17. The highest BCUT2D eigenvalue weighted by Crippen LogP contribution is 2.40. The molecular weight excluding hydrogens is 246 g/mol. The van der Waals surface area contributed by atoms with Crippen molar-refractivity contribution in [3.05, 3.63) is 35.4 Å². The van der Waals surface area contributed by atoms with Gasteiger partial charge in [0.1, 0.15) is 0 Å². The highest BCUT2D eigenvalue weighted by atomic mass is 32.2. The summed E-state index contributed by atoms with van der Waals surface area (Å²) in [7, 11) is 0. The molecule has 0 radical (unpaired) electrons. The van der Waals surface area contributed by atoms with Crippen LogP contribution in [0.15, 0.2) is 24.3 Å². The van der Waals surface area contributed by atoms with E-state index in [0.717, 1.165) is 5.25 Å². The van der Waals surface area contributed by atoms with Crippen LogP contribution >= 0.6 is 23.5 Å². The number of aryl methyl sites for hydroxylation is 1. The summed E-state index contributed by atoms with van der Waals surface area (Å²) in [5, 5.41) is 2.00. The second-order valence-corrected chi connectivity index (χ2v) is 7.83. The molecule has 17 heavy (non-hydrogen) atoms. The smallest absolute Gasteiger partial charge is 0.0426 e. The van der Waals surface area contributed by atoms with Crippen LogP contribution in [-0.2, 0) is 0 Å². The first kappa shape index (κ1) is 13.3. The highest BCUT2D eigenvalue weighted by Gasteiger charge is 2.30. The molecule has 3 heteroatoms. The second kappa shape index (κ2) is 5.68. The van der Waals surface area contributed by atoms with Crippen molar-refractivity contribution in [3.8, 4) is 0 Å². The zero-order valence-corrected chi connectivity index (χ0v) is 12.4. The van der Waals surface area contributed by atoms with Gasteiger partial charge in [-0.25, -0.2) is 0 Å². The maximum absolute atomic E-state index is 6.44. The van der Waals surface area contributed by atoms with E-state index in [-0.39, 0.29) is 6.04 Å². The van der Waals surface area contributed by atoms with Gasteiger partial charge in [-0.1, -0.05) is 38.1 Å². The fourth-order valence-electron chi connectivity index (χ4n) is 2.16. The third-order valence-corrected chi connectivity index (χ3v) is 7.04. The Labute approximate surface area is 113 Å². The number of thioether (sulfide) groups is 2. The van der Waals surface area contributed by atoms with Gasteiger partial charge in [0.2, 0.25) is 0 Å². The van der Waals surface area contributed by atoms with Gasteiger partial charge in [-0.05, 0) is 18.1 Å². The van der Waals surface area contributed by atoms with Gasteiger partial charge in [0.15, 0.2) is 0 Å². The number of benzene rings is 1. The molecule has 0 amide bonds. The van der Waals surface area contributed by atoms with E-state index in [4.69, 9.17) is 5.73 Å². The van der Waals surface area contributed by atoms with E-state index < -0.39 is 0 Å². The van der Waals surface area contributed by atoms with Gasteiger partial charge < -0.3 is 5.73 Å². The molecule has 1 aliphatic rings. The Bertz CT molecular complexity index is 380. The molecule has 1 heterocycles. The third kappa shape index (κ3) is 3.01. The molecule has 1 aromatic carbocycles. The molecule has 1 aliphatic heterocycles. The first-order valence-corrected chi connectivity index (χ1v) is 8.17. The topological polar surface area (TPSA) is 26.0 Å². The lowest BCUT2D eigenvalue weighted by atomic mass is 10.00. The van der Waals surface area contributed by atoms with Crippen molar-refractivity contribution in [2.75, 3.05) is 5.75 Å². The van der Waals surface area contributed by atoms with E-state index in [9.17, 15) is 0 Å². The lowest BCUT2D eigenvalue weighted by Crippen LogP contribution is -2.34. The fraction of sp³-hybridized carbons (Fsp3) is 0.571. The van der Waals surface area contributed by atoms with Gasteiger partial charge in [0, 0.05) is 27.5 Å². The molecule has 0 bridgehead atoms. The predicted molar refractivity (Wildman–Crippen MR) is 80.9 cm³/mol. The second-order valence-electron chi connectivity index (χ2n) is 4.80. The minimum atomic E-state index is 0.170. The summed E-state index contributed by atoms with van der Waals surface area (Å²) >= 11 is 4.12. The van der Waals surface area contributed by atoms with E-state index in [1.165, 1.54) is 16.9 Å². The van der Waals surface area contributed by atoms with Crippen LogP contribution < -0.4 is 5.73 Å². The largest absolute Gasteiger partial charge is 0.323 e. The molecule has 4 unspecified atom stereocenters. The maximum Gasteiger partial charge on any atom is 0.0426 e. The van der Waals surface area contributed by atoms with Crippen molar-refractivity contribution in [3.63, 3.8) is 0 Å². The lowest BCUT2D eigenvalue weighted by Gasteiger charge is -2.35. The van der Waals surface area contributed by atoms with Crippen molar-refractivity contribution >= 4 is 23.5 Å². The molecule has 1 nitrogen and oxygen atoms in total. The van der Waals surface area contributed by atoms with Gasteiger partial charge in [-0.2, -0.15) is 23.5 Å². The minimum absolute atomic E-state index is 0.170. The molecule has 1 saturated heterocycles. The Morgan fingerprint density at radius 1 is 1.24 bits per heavy atom. The molecule has 0 saturated carbocycles. The normalized spacial score (nSPS) is 31.2. The van der Waals surface area contributed by atoms with E-state index in [2.05, 4.69) is 68.6 Å². The zero-order valence-electron chi connectivity index (χ0n) is 10.7. The monoisotopic (exact) mass is 267 g/mol. The Hall–Kier alpha value is -0.120. The van der Waals surface area contributed by atoms with Crippen LogP contribution in [0.25, 0.3) is 0 Å². The minimum Gasteiger partial charge on any atom is -0.323 e. The summed E-state index contributed by atoms with van der Waals surface area (Å²) in [5.41, 5.74) is 9.07. The average molecular weight is 267 g/mol. The van der Waals surface area contributed by atoms with Crippen LogP contribution in [0.4, 0.5) is 0 Å². The maximum atomic E-state index is 6.44. The van der Waals surface area contributed by atoms with E-state index in [0.29, 0.717) is 10.5 Å². The summed E-state index contributed by atoms with van der Waals surface area (Å²) in [6.07, 6.45) is 0. The van der Waals surface area contributed by atoms with Crippen LogP contribution in [0.2, 0.25) is 0 Å². The van der Waals surface area contributed by atoms with E-state index >= 15 is 0 Å². The predicted octanol–water partition coefficient (Wildman–Crippen LogP) is 3.62. The molecule has 1 fully saturated rings. The van der Waals surface area contributed by atoms with Crippen molar-refractivity contribution < 1.29 is 0 Å². The van der Waals surface area contributed by atoms with Crippen LogP contribution in [0, 0.1) is 6.92 Å². The lowest BCUT2D eigenvalue weighted by molar-refractivity contribution is 0.703. The van der Waals surface area contributed by atoms with Crippen LogP contribution in [0.5, 0.6) is 0 Å². The van der Waals surface area contributed by atoms with Crippen molar-refractivity contribution in [2.24, 2.45) is 5.73 Å². The molecule has 94 valence electrons. The Kier molecular flexibility index (Phi) is 4.45. The average Bonchev–Trinajstić information content (AvgIpc) is 2.32. The number of nitrogens with two attached hydrogens (primary N) is 1. The molecular formula is C14H21NS2. The number of hydrogen-bond acceptors (Lipinski definition) is 3. The molecule has 0 aliphatic carbocycles. The molecule has 0 aromatic heterocycles. The Balaban J connectivity index is 2.10. The van der Waals surface area contributed by atoms with Gasteiger partial charge in [0.05, 0.1) is 0 Å². The van der Waals surface area contributed by atoms with Gasteiger partial charge in [-0.3, -0.25) is 0 Å². The van der Waals surface area contributed by atoms with Crippen LogP contribution in [0.1, 0.15) is 31.0 Å². The number of rotatable bonds is 2. The first-order chi connectivity index (χ1) is 8.09. The van der Waals surface area contributed by atoms with Crippen molar-refractivity contribution in [1.82, 2.24) is 0 Å². The van der Waals surface area contributed by atoms with Crippen LogP contribution in [0.3, 0.4) is 0 Å². The third-order valence-electron chi connectivity index (χ3n) is 3.52. The Morgan fingerprint density at radius 3 is 2.59 bits per heavy atom. The molecule has 1 aromatic rings. The summed E-state index contributed by atoms with van der Waals surface area (Å²) < 4.78 is 0. The van der Waals surface area contributed by atoms with Gasteiger partial charge in [-0.15, -0.1) is 0 Å². The fourth-order valence-corrected chi connectivity index (χ4v) is 5.20. The van der Waals surface area contributed by atoms with Crippen molar-refractivity contribution in [1.29, 1.82) is 0 Å². The summed E-state index contributed by atoms with van der Waals surface area (Å²) in [6, 6.07) is 8.67. The standard InChI is InChI=1S/C14H21NS2/c1-9-6-4-5-7-12(9)14(15)13-8-16-10(2)11(3)17-13/h4-7,10-11,13-14H,8,15H2,1-3H3. The van der Waals surface area contributed by atoms with Gasteiger partial charge >= 0.3 is 0 Å². The zero-order chi connectivity index (χ0) is 12.4. The van der Waals surface area contributed by atoms with E-state index in [1.807, 2.05) is 0 Å². The van der Waals surface area contributed by atoms with E-state index in [1.54, 1.807) is 0 Å². The quantitative estimate of drug-likeness (QED) is 0.886. The summed E-state index contributed by atoms with van der Waals surface area (Å²) in [6.45, 7) is 6.79. The van der Waals surface area contributed by atoms with Crippen LogP contribution in [-0.4, -0.2) is 21.5 Å². The van der Waals surface area contributed by atoms with Gasteiger partial charge in [0.25, 0.3) is 0 Å². The Morgan fingerprint density at radius 2 is 1.94 bits per heavy atom. The molecule has 0 spiro atoms. The molecule has 2 N–H and O–H groups in total. The number of hydrogen-bond donors (Lipinski definition) is 1. The summed E-state index contributed by atoms with van der Waals surface area (Å²) in [4.78, 5) is 0. The SMILES string of the molecule is Cc1ccccc1C(N)C1CSC(C)C(C)S1. The molecule has 2 rings (SSSR count). The highest BCUT2D eigenvalue weighted by molar-refractivity contribution is 8.07. The summed E-state index contributed by atoms with van der Waals surface area (Å²) in [5.74, 6) is 1.17.